The Morgan fingerprint density at radius 3 is 2.77 bits per heavy atom. The van der Waals surface area contributed by atoms with Crippen LogP contribution in [0.15, 0.2) is 61.3 Å². The summed E-state index contributed by atoms with van der Waals surface area (Å²) in [6.07, 6.45) is 3.68. The standard InChI is InChI=1S/C27H25FN8O3/c1-16-11-18(3-6-22(16)39-19-7-8-36-23(12-19)30-15-32-36)33-26-24-20(29-14-31-26)4-5-21(25(24)28)34-9-10-35(27(37)38)17(2)13-34/h3-8,11-12,14-15,17H,9-10,13H2,1-2H3,(H,37,38)(H,29,31,33). The van der Waals surface area contributed by atoms with E-state index in [2.05, 4.69) is 25.4 Å². The van der Waals surface area contributed by atoms with Crippen molar-refractivity contribution in [2.24, 2.45) is 0 Å². The highest BCUT2D eigenvalue weighted by Crippen LogP contribution is 2.34. The predicted octanol–water partition coefficient (Wildman–Crippen LogP) is 4.84. The number of pyridine rings is 1. The number of nitrogens with one attached hydrogen (secondary N) is 1. The minimum absolute atomic E-state index is 0.266. The predicted molar refractivity (Wildman–Crippen MR) is 143 cm³/mol. The SMILES string of the molecule is Cc1cc(Nc2ncnc3ccc(N4CCN(C(=O)O)C(C)C4)c(F)c23)ccc1Oc1ccn2ncnc2c1. The number of anilines is 3. The van der Waals surface area contributed by atoms with Crippen LogP contribution in [0.5, 0.6) is 11.5 Å². The molecular formula is C27H25FN8O3. The summed E-state index contributed by atoms with van der Waals surface area (Å²) < 4.78 is 23.7. The van der Waals surface area contributed by atoms with Crippen molar-refractivity contribution in [3.63, 3.8) is 0 Å². The first-order valence-corrected chi connectivity index (χ1v) is 12.4. The quantitative estimate of drug-likeness (QED) is 0.330. The number of fused-ring (bicyclic) bond motifs is 2. The van der Waals surface area contributed by atoms with Gasteiger partial charge in [-0.1, -0.05) is 0 Å². The summed E-state index contributed by atoms with van der Waals surface area (Å²) >= 11 is 0. The van der Waals surface area contributed by atoms with E-state index in [-0.39, 0.29) is 11.4 Å². The minimum atomic E-state index is -0.968. The van der Waals surface area contributed by atoms with Gasteiger partial charge in [-0.15, -0.1) is 0 Å². The maximum absolute atomic E-state index is 16.0. The topological polar surface area (TPSA) is 121 Å². The lowest BCUT2D eigenvalue weighted by Crippen LogP contribution is -2.53. The number of benzene rings is 2. The van der Waals surface area contributed by atoms with Gasteiger partial charge in [-0.05, 0) is 55.8 Å². The first kappa shape index (κ1) is 24.3. The Morgan fingerprint density at radius 1 is 1.10 bits per heavy atom. The van der Waals surface area contributed by atoms with E-state index in [0.717, 1.165) is 5.56 Å². The van der Waals surface area contributed by atoms with Gasteiger partial charge in [-0.2, -0.15) is 5.10 Å². The largest absolute Gasteiger partial charge is 0.465 e. The zero-order valence-electron chi connectivity index (χ0n) is 21.2. The van der Waals surface area contributed by atoms with E-state index in [1.54, 1.807) is 28.9 Å². The first-order valence-electron chi connectivity index (χ1n) is 12.4. The maximum atomic E-state index is 16.0. The van der Waals surface area contributed by atoms with Gasteiger partial charge in [-0.25, -0.2) is 28.7 Å². The Balaban J connectivity index is 1.26. The molecule has 2 N–H and O–H groups in total. The highest BCUT2D eigenvalue weighted by Gasteiger charge is 2.29. The van der Waals surface area contributed by atoms with Crippen LogP contribution < -0.4 is 15.0 Å². The van der Waals surface area contributed by atoms with Gasteiger partial charge < -0.3 is 25.0 Å². The van der Waals surface area contributed by atoms with Crippen molar-refractivity contribution in [1.82, 2.24) is 29.5 Å². The number of aryl methyl sites for hydroxylation is 1. The van der Waals surface area contributed by atoms with Gasteiger partial charge in [0.25, 0.3) is 0 Å². The molecule has 0 saturated carbocycles. The fourth-order valence-electron chi connectivity index (χ4n) is 4.87. The van der Waals surface area contributed by atoms with Gasteiger partial charge in [0.2, 0.25) is 0 Å². The van der Waals surface area contributed by atoms with Gasteiger partial charge in [0.1, 0.15) is 30.0 Å². The van der Waals surface area contributed by atoms with Crippen LogP contribution in [0.1, 0.15) is 12.5 Å². The number of aromatic nitrogens is 5. The molecule has 39 heavy (non-hydrogen) atoms. The van der Waals surface area contributed by atoms with Crippen molar-refractivity contribution in [3.05, 3.63) is 72.7 Å². The third-order valence-corrected chi connectivity index (χ3v) is 6.85. The van der Waals surface area contributed by atoms with Crippen molar-refractivity contribution in [2.45, 2.75) is 19.9 Å². The number of piperazine rings is 1. The fraction of sp³-hybridized carbons (Fsp3) is 0.222. The van der Waals surface area contributed by atoms with Crippen LogP contribution in [0.3, 0.4) is 0 Å². The van der Waals surface area contributed by atoms with Crippen molar-refractivity contribution >= 4 is 39.8 Å². The molecule has 0 spiro atoms. The summed E-state index contributed by atoms with van der Waals surface area (Å²) in [6.45, 7) is 4.81. The molecule has 1 atom stereocenters. The normalized spacial score (nSPS) is 15.6. The van der Waals surface area contributed by atoms with Crippen molar-refractivity contribution in [2.75, 3.05) is 29.9 Å². The number of halogens is 1. The molecule has 0 bridgehead atoms. The smallest absolute Gasteiger partial charge is 0.407 e. The van der Waals surface area contributed by atoms with E-state index in [0.29, 0.717) is 59.5 Å². The van der Waals surface area contributed by atoms with Crippen LogP contribution in [0.4, 0.5) is 26.4 Å². The van der Waals surface area contributed by atoms with Crippen molar-refractivity contribution < 1.29 is 19.0 Å². The second-order valence-electron chi connectivity index (χ2n) is 9.42. The molecule has 1 unspecified atom stereocenters. The third kappa shape index (κ3) is 4.60. The number of amides is 1. The van der Waals surface area contributed by atoms with Crippen LogP contribution >= 0.6 is 0 Å². The van der Waals surface area contributed by atoms with Crippen LogP contribution in [0, 0.1) is 12.7 Å². The summed E-state index contributed by atoms with van der Waals surface area (Å²) in [5.74, 6) is 1.18. The monoisotopic (exact) mass is 528 g/mol. The molecule has 1 aliphatic heterocycles. The number of rotatable bonds is 5. The molecule has 12 heteroatoms. The molecular weight excluding hydrogens is 503 g/mol. The molecule has 1 amide bonds. The van der Waals surface area contributed by atoms with E-state index in [9.17, 15) is 9.90 Å². The van der Waals surface area contributed by atoms with Gasteiger partial charge in [0, 0.05) is 43.6 Å². The van der Waals surface area contributed by atoms with Gasteiger partial charge in [0.05, 0.1) is 16.6 Å². The van der Waals surface area contributed by atoms with E-state index >= 15 is 4.39 Å². The molecule has 0 aliphatic carbocycles. The summed E-state index contributed by atoms with van der Waals surface area (Å²) in [6, 6.07) is 12.3. The number of hydrogen-bond donors (Lipinski definition) is 2. The van der Waals surface area contributed by atoms with E-state index in [1.807, 2.05) is 43.0 Å². The van der Waals surface area contributed by atoms with Crippen molar-refractivity contribution in [3.8, 4) is 11.5 Å². The average Bonchev–Trinajstić information content (AvgIpc) is 3.38. The zero-order valence-corrected chi connectivity index (χ0v) is 21.2. The number of carboxylic acid groups (broad SMARTS) is 1. The molecule has 1 saturated heterocycles. The van der Waals surface area contributed by atoms with Crippen LogP contribution in [-0.2, 0) is 0 Å². The second kappa shape index (κ2) is 9.71. The number of carbonyl (C=O) groups is 1. The van der Waals surface area contributed by atoms with Crippen LogP contribution in [0.2, 0.25) is 0 Å². The molecule has 1 aliphatic rings. The second-order valence-corrected chi connectivity index (χ2v) is 9.42. The van der Waals surface area contributed by atoms with E-state index in [1.165, 1.54) is 17.6 Å². The highest BCUT2D eigenvalue weighted by atomic mass is 19.1. The van der Waals surface area contributed by atoms with Gasteiger partial charge in [0.15, 0.2) is 11.5 Å². The molecule has 6 rings (SSSR count). The van der Waals surface area contributed by atoms with Gasteiger partial charge >= 0.3 is 6.09 Å². The maximum Gasteiger partial charge on any atom is 0.407 e. The summed E-state index contributed by atoms with van der Waals surface area (Å²) in [7, 11) is 0. The fourth-order valence-corrected chi connectivity index (χ4v) is 4.87. The molecule has 1 fully saturated rings. The lowest BCUT2D eigenvalue weighted by atomic mass is 10.1. The van der Waals surface area contributed by atoms with E-state index in [4.69, 9.17) is 4.74 Å². The Morgan fingerprint density at radius 2 is 1.97 bits per heavy atom. The molecule has 2 aromatic carbocycles. The highest BCUT2D eigenvalue weighted by molar-refractivity contribution is 5.94. The summed E-state index contributed by atoms with van der Waals surface area (Å²) in [5.41, 5.74) is 3.11. The molecule has 0 radical (unpaired) electrons. The minimum Gasteiger partial charge on any atom is -0.465 e. The summed E-state index contributed by atoms with van der Waals surface area (Å²) in [5, 5.41) is 17.0. The van der Waals surface area contributed by atoms with Crippen LogP contribution in [0.25, 0.3) is 16.6 Å². The van der Waals surface area contributed by atoms with Gasteiger partial charge in [-0.3, -0.25) is 0 Å². The number of ether oxygens (including phenoxy) is 1. The van der Waals surface area contributed by atoms with Crippen LogP contribution in [-0.4, -0.2) is 66.3 Å². The Kier molecular flexibility index (Phi) is 6.06. The molecule has 11 nitrogen and oxygen atoms in total. The first-order chi connectivity index (χ1) is 18.9. The van der Waals surface area contributed by atoms with E-state index < -0.39 is 11.9 Å². The Labute approximate surface area is 222 Å². The molecule has 198 valence electrons. The Hall–Kier alpha value is -5.00. The Bertz CT molecular complexity index is 1710. The number of hydrogen-bond acceptors (Lipinski definition) is 8. The summed E-state index contributed by atoms with van der Waals surface area (Å²) in [4.78, 5) is 27.4. The molecule has 4 heterocycles. The molecule has 3 aromatic heterocycles. The third-order valence-electron chi connectivity index (χ3n) is 6.85. The lowest BCUT2D eigenvalue weighted by molar-refractivity contribution is 0.122. The lowest BCUT2D eigenvalue weighted by Gasteiger charge is -2.39. The average molecular weight is 529 g/mol. The van der Waals surface area contributed by atoms with Crippen molar-refractivity contribution in [1.29, 1.82) is 0 Å². The molecule has 5 aromatic rings. The number of nitrogens with zero attached hydrogens (tertiary/aromatic N) is 7. The zero-order chi connectivity index (χ0) is 27.1.